The molecule has 0 aromatic heterocycles. The Hall–Kier alpha value is -2.66. The minimum absolute atomic E-state index is 0.159. The van der Waals surface area contributed by atoms with Crippen molar-refractivity contribution in [2.75, 3.05) is 13.7 Å². The molecular weight excluding hydrogens is 309 g/mol. The van der Waals surface area contributed by atoms with Crippen molar-refractivity contribution < 1.29 is 19.0 Å². The van der Waals surface area contributed by atoms with E-state index >= 15 is 0 Å². The van der Waals surface area contributed by atoms with Crippen molar-refractivity contribution >= 4 is 12.0 Å². The van der Waals surface area contributed by atoms with Crippen LogP contribution >= 0.6 is 0 Å². The number of carbonyl (C=O) groups is 1. The molecule has 2 N–H and O–H groups in total. The highest BCUT2D eigenvalue weighted by Gasteiger charge is 2.07. The Labute approximate surface area is 140 Å². The Bertz CT molecular complexity index is 701. The van der Waals surface area contributed by atoms with Crippen LogP contribution in [0.4, 0.5) is 4.39 Å². The predicted molar refractivity (Wildman–Crippen MR) is 91.0 cm³/mol. The van der Waals surface area contributed by atoms with Crippen LogP contribution in [0.2, 0.25) is 0 Å². The zero-order valence-electron chi connectivity index (χ0n) is 13.4. The largest absolute Gasteiger partial charge is 0.494 e. The molecule has 0 aliphatic heterocycles. The maximum Gasteiger partial charge on any atom is 0.244 e. The normalized spacial score (nSPS) is 12.1. The highest BCUT2D eigenvalue weighted by molar-refractivity contribution is 5.91. The number of aliphatic hydroxyl groups is 1. The maximum absolute atomic E-state index is 13.5. The van der Waals surface area contributed by atoms with Gasteiger partial charge < -0.3 is 15.2 Å². The van der Waals surface area contributed by atoms with Gasteiger partial charge in [-0.3, -0.25) is 4.79 Å². The molecule has 126 valence electrons. The van der Waals surface area contributed by atoms with Crippen molar-refractivity contribution in [2.45, 2.75) is 12.5 Å². The summed E-state index contributed by atoms with van der Waals surface area (Å²) in [6.07, 6.45) is 2.65. The van der Waals surface area contributed by atoms with Gasteiger partial charge in [-0.1, -0.05) is 36.4 Å². The van der Waals surface area contributed by atoms with E-state index in [-0.39, 0.29) is 11.7 Å². The SMILES string of the molecule is COc1ccc(C=CC(=O)NCCC(O)c2ccccc2)cc1F. The summed E-state index contributed by atoms with van der Waals surface area (Å²) in [4.78, 5) is 11.7. The number of nitrogens with one attached hydrogen (secondary N) is 1. The van der Waals surface area contributed by atoms with Crippen LogP contribution in [0.15, 0.2) is 54.6 Å². The number of benzene rings is 2. The number of ether oxygens (including phenoxy) is 1. The van der Waals surface area contributed by atoms with Gasteiger partial charge in [-0.2, -0.15) is 0 Å². The van der Waals surface area contributed by atoms with E-state index in [0.717, 1.165) is 5.56 Å². The molecule has 2 aromatic carbocycles. The molecule has 0 fully saturated rings. The molecule has 1 unspecified atom stereocenters. The summed E-state index contributed by atoms with van der Waals surface area (Å²) >= 11 is 0. The summed E-state index contributed by atoms with van der Waals surface area (Å²) in [7, 11) is 1.39. The summed E-state index contributed by atoms with van der Waals surface area (Å²) in [5.74, 6) is -0.621. The topological polar surface area (TPSA) is 58.6 Å². The molecule has 2 rings (SSSR count). The fraction of sp³-hybridized carbons (Fsp3) is 0.211. The van der Waals surface area contributed by atoms with Crippen molar-refractivity contribution in [1.82, 2.24) is 5.32 Å². The highest BCUT2D eigenvalue weighted by atomic mass is 19.1. The standard InChI is InChI=1S/C19H20FNO3/c1-24-18-9-7-14(13-16(18)20)8-10-19(23)21-12-11-17(22)15-5-3-2-4-6-15/h2-10,13,17,22H,11-12H2,1H3,(H,21,23). The summed E-state index contributed by atoms with van der Waals surface area (Å²) in [5, 5.41) is 12.7. The van der Waals surface area contributed by atoms with Crippen molar-refractivity contribution in [2.24, 2.45) is 0 Å². The summed E-state index contributed by atoms with van der Waals surface area (Å²) in [6.45, 7) is 0.343. The van der Waals surface area contributed by atoms with Gasteiger partial charge in [-0.25, -0.2) is 4.39 Å². The van der Waals surface area contributed by atoms with Gasteiger partial charge in [0.05, 0.1) is 13.2 Å². The van der Waals surface area contributed by atoms with Gasteiger partial charge in [0.1, 0.15) is 0 Å². The van der Waals surface area contributed by atoms with Crippen LogP contribution in [-0.2, 0) is 4.79 Å². The third-order valence-corrected chi connectivity index (χ3v) is 3.50. The van der Waals surface area contributed by atoms with Gasteiger partial charge in [0.2, 0.25) is 5.91 Å². The number of rotatable bonds is 7. The fourth-order valence-electron chi connectivity index (χ4n) is 2.19. The Balaban J connectivity index is 1.80. The van der Waals surface area contributed by atoms with Crippen LogP contribution in [0.3, 0.4) is 0 Å². The Morgan fingerprint density at radius 2 is 2.04 bits per heavy atom. The minimum atomic E-state index is -0.619. The number of hydrogen-bond acceptors (Lipinski definition) is 3. The third-order valence-electron chi connectivity index (χ3n) is 3.50. The minimum Gasteiger partial charge on any atom is -0.494 e. The lowest BCUT2D eigenvalue weighted by Gasteiger charge is -2.10. The molecule has 0 heterocycles. The second-order valence-electron chi connectivity index (χ2n) is 5.23. The highest BCUT2D eigenvalue weighted by Crippen LogP contribution is 2.18. The number of hydrogen-bond donors (Lipinski definition) is 2. The maximum atomic E-state index is 13.5. The van der Waals surface area contributed by atoms with E-state index in [1.165, 1.54) is 31.4 Å². The monoisotopic (exact) mass is 329 g/mol. The van der Waals surface area contributed by atoms with Crippen molar-refractivity contribution in [1.29, 1.82) is 0 Å². The van der Waals surface area contributed by atoms with Gasteiger partial charge in [-0.15, -0.1) is 0 Å². The van der Waals surface area contributed by atoms with Gasteiger partial charge >= 0.3 is 0 Å². The second-order valence-corrected chi connectivity index (χ2v) is 5.23. The number of amides is 1. The lowest BCUT2D eigenvalue weighted by molar-refractivity contribution is -0.116. The third kappa shape index (κ3) is 5.21. The van der Waals surface area contributed by atoms with Gasteiger partial charge in [0.15, 0.2) is 11.6 Å². The van der Waals surface area contributed by atoms with Crippen LogP contribution in [0.5, 0.6) is 5.75 Å². The number of halogens is 1. The molecule has 0 aliphatic carbocycles. The first-order chi connectivity index (χ1) is 11.6. The Kier molecular flexibility index (Phi) is 6.51. The van der Waals surface area contributed by atoms with Gasteiger partial charge in [-0.05, 0) is 35.8 Å². The zero-order chi connectivity index (χ0) is 17.4. The van der Waals surface area contributed by atoms with E-state index in [1.807, 2.05) is 30.3 Å². The first-order valence-corrected chi connectivity index (χ1v) is 7.62. The van der Waals surface area contributed by atoms with Crippen molar-refractivity contribution in [3.05, 3.63) is 71.6 Å². The molecule has 24 heavy (non-hydrogen) atoms. The number of carbonyl (C=O) groups excluding carboxylic acids is 1. The number of methoxy groups -OCH3 is 1. The average molecular weight is 329 g/mol. The molecule has 4 nitrogen and oxygen atoms in total. The lowest BCUT2D eigenvalue weighted by atomic mass is 10.1. The first kappa shape index (κ1) is 17.7. The Morgan fingerprint density at radius 3 is 2.71 bits per heavy atom. The van der Waals surface area contributed by atoms with E-state index in [1.54, 1.807) is 6.07 Å². The van der Waals surface area contributed by atoms with Crippen LogP contribution in [0, 0.1) is 5.82 Å². The molecule has 0 radical (unpaired) electrons. The van der Waals surface area contributed by atoms with Crippen LogP contribution < -0.4 is 10.1 Å². The average Bonchev–Trinajstić information content (AvgIpc) is 2.60. The summed E-state index contributed by atoms with van der Waals surface area (Å²) < 4.78 is 18.4. The molecule has 0 spiro atoms. The van der Waals surface area contributed by atoms with E-state index in [9.17, 15) is 14.3 Å². The van der Waals surface area contributed by atoms with Gasteiger partial charge in [0.25, 0.3) is 0 Å². The van der Waals surface area contributed by atoms with E-state index in [0.29, 0.717) is 18.5 Å². The molecule has 5 heteroatoms. The zero-order valence-corrected chi connectivity index (χ0v) is 13.4. The summed E-state index contributed by atoms with van der Waals surface area (Å²) in [5.41, 5.74) is 1.38. The van der Waals surface area contributed by atoms with Crippen LogP contribution in [0.25, 0.3) is 6.08 Å². The molecule has 2 aromatic rings. The van der Waals surface area contributed by atoms with Crippen molar-refractivity contribution in [3.63, 3.8) is 0 Å². The van der Waals surface area contributed by atoms with E-state index < -0.39 is 11.9 Å². The quantitative estimate of drug-likeness (QED) is 0.768. The summed E-state index contributed by atoms with van der Waals surface area (Å²) in [6, 6.07) is 13.7. The Morgan fingerprint density at radius 1 is 1.29 bits per heavy atom. The second kappa shape index (κ2) is 8.84. The smallest absolute Gasteiger partial charge is 0.244 e. The number of aliphatic hydroxyl groups excluding tert-OH is 1. The molecule has 0 aliphatic rings. The fourth-order valence-corrected chi connectivity index (χ4v) is 2.19. The van der Waals surface area contributed by atoms with Gasteiger partial charge in [0, 0.05) is 12.6 Å². The lowest BCUT2D eigenvalue weighted by Crippen LogP contribution is -2.23. The molecule has 0 saturated heterocycles. The van der Waals surface area contributed by atoms with Crippen LogP contribution in [-0.4, -0.2) is 24.7 Å². The van der Waals surface area contributed by atoms with E-state index in [2.05, 4.69) is 5.32 Å². The molecule has 0 bridgehead atoms. The van der Waals surface area contributed by atoms with Crippen LogP contribution in [0.1, 0.15) is 23.7 Å². The molecule has 1 atom stereocenters. The predicted octanol–water partition coefficient (Wildman–Crippen LogP) is 3.09. The molecular formula is C19H20FNO3. The van der Waals surface area contributed by atoms with Crippen molar-refractivity contribution in [3.8, 4) is 5.75 Å². The first-order valence-electron chi connectivity index (χ1n) is 7.62. The van der Waals surface area contributed by atoms with E-state index in [4.69, 9.17) is 4.74 Å². The molecule has 0 saturated carbocycles. The molecule has 1 amide bonds.